The van der Waals surface area contributed by atoms with Gasteiger partial charge in [0.1, 0.15) is 11.9 Å². The van der Waals surface area contributed by atoms with E-state index in [0.717, 1.165) is 28.0 Å². The van der Waals surface area contributed by atoms with Crippen LogP contribution in [0.1, 0.15) is 42.9 Å². The minimum atomic E-state index is -0.694. The minimum absolute atomic E-state index is 0.331. The first kappa shape index (κ1) is 24.3. The third kappa shape index (κ3) is 5.25. The Bertz CT molecular complexity index is 1400. The van der Waals surface area contributed by atoms with E-state index in [9.17, 15) is 9.18 Å². The summed E-state index contributed by atoms with van der Waals surface area (Å²) < 4.78 is 25.5. The highest BCUT2D eigenvalue weighted by atomic mass is 35.5. The normalized spacial score (nSPS) is 13.8. The zero-order valence-electron chi connectivity index (χ0n) is 19.9. The molecular weight excluding hydrogens is 497 g/mol. The van der Waals surface area contributed by atoms with Crippen molar-refractivity contribution in [3.63, 3.8) is 0 Å². The summed E-state index contributed by atoms with van der Waals surface area (Å²) in [6, 6.07) is 22.7. The molecule has 1 aliphatic carbocycles. The van der Waals surface area contributed by atoms with E-state index in [1.807, 2.05) is 30.3 Å². The second-order valence-electron chi connectivity index (χ2n) is 8.80. The Morgan fingerprint density at radius 3 is 2.47 bits per heavy atom. The lowest BCUT2D eigenvalue weighted by atomic mass is 9.99. The summed E-state index contributed by atoms with van der Waals surface area (Å²) in [7, 11) is 1.61. The van der Waals surface area contributed by atoms with Crippen molar-refractivity contribution in [1.29, 1.82) is 0 Å². The predicted octanol–water partition coefficient (Wildman–Crippen LogP) is 9.07. The quantitative estimate of drug-likeness (QED) is 0.264. The van der Waals surface area contributed by atoms with Gasteiger partial charge in [0.15, 0.2) is 5.13 Å². The largest absolute Gasteiger partial charge is 0.496 e. The Labute approximate surface area is 218 Å². The molecule has 7 heteroatoms. The van der Waals surface area contributed by atoms with Crippen LogP contribution < -0.4 is 10.1 Å². The fraction of sp³-hybridized carbons (Fsp3) is 0.207. The number of rotatable bonds is 7. The molecule has 5 rings (SSSR count). The lowest BCUT2D eigenvalue weighted by Gasteiger charge is -2.16. The maximum atomic E-state index is 14.3. The van der Waals surface area contributed by atoms with Gasteiger partial charge in [-0.05, 0) is 54.5 Å². The zero-order valence-corrected chi connectivity index (χ0v) is 21.5. The van der Waals surface area contributed by atoms with Gasteiger partial charge in [-0.2, -0.15) is 4.39 Å². The Kier molecular flexibility index (Phi) is 6.99. The van der Waals surface area contributed by atoms with Crippen LogP contribution in [-0.4, -0.2) is 13.2 Å². The fourth-order valence-corrected chi connectivity index (χ4v) is 5.38. The Morgan fingerprint density at radius 1 is 1.06 bits per heavy atom. The first-order chi connectivity index (χ1) is 17.4. The van der Waals surface area contributed by atoms with Crippen LogP contribution in [0.2, 0.25) is 5.02 Å². The van der Waals surface area contributed by atoms with Gasteiger partial charge in [-0.3, -0.25) is 5.32 Å². The number of halogens is 2. The zero-order chi connectivity index (χ0) is 25.2. The van der Waals surface area contributed by atoms with Crippen LogP contribution in [0.25, 0.3) is 21.6 Å². The maximum absolute atomic E-state index is 14.3. The number of carbonyl (C=O) groups is 1. The van der Waals surface area contributed by atoms with Crippen LogP contribution in [0.5, 0.6) is 5.75 Å². The molecule has 36 heavy (non-hydrogen) atoms. The summed E-state index contributed by atoms with van der Waals surface area (Å²) in [5.74, 6) is 1.36. The van der Waals surface area contributed by atoms with Gasteiger partial charge in [0.2, 0.25) is 0 Å². The van der Waals surface area contributed by atoms with Crippen molar-refractivity contribution in [2.45, 2.75) is 31.8 Å². The summed E-state index contributed by atoms with van der Waals surface area (Å²) in [5, 5.41) is 2.77. The van der Waals surface area contributed by atoms with Gasteiger partial charge in [0, 0.05) is 22.2 Å². The van der Waals surface area contributed by atoms with Gasteiger partial charge < -0.3 is 9.47 Å². The first-order valence-corrected chi connectivity index (χ1v) is 12.9. The summed E-state index contributed by atoms with van der Waals surface area (Å²) in [5.41, 5.74) is 5.12. The van der Waals surface area contributed by atoms with E-state index in [0.29, 0.717) is 32.8 Å². The number of hydrogen-bond acceptors (Lipinski definition) is 4. The third-order valence-corrected chi connectivity index (χ3v) is 7.62. The number of thiophene rings is 1. The third-order valence-electron chi connectivity index (χ3n) is 6.30. The van der Waals surface area contributed by atoms with Crippen molar-refractivity contribution < 1.29 is 18.7 Å². The molecule has 0 bridgehead atoms. The molecule has 0 saturated heterocycles. The molecule has 1 saturated carbocycles. The average molecular weight is 522 g/mol. The number of ether oxygens (including phenoxy) is 2. The molecule has 1 aliphatic rings. The fourth-order valence-electron chi connectivity index (χ4n) is 4.26. The monoisotopic (exact) mass is 521 g/mol. The predicted molar refractivity (Wildman–Crippen MR) is 144 cm³/mol. The number of hydrogen-bond donors (Lipinski definition) is 1. The molecule has 3 aromatic carbocycles. The maximum Gasteiger partial charge on any atom is 0.412 e. The summed E-state index contributed by atoms with van der Waals surface area (Å²) >= 11 is 7.16. The smallest absolute Gasteiger partial charge is 0.412 e. The van der Waals surface area contributed by atoms with E-state index in [4.69, 9.17) is 21.1 Å². The SMILES string of the molecule is COc1cc(-c2sc(F)cc2NC(=O)OC(C)c2ccccc2Cl)ccc1-c1ccc(C2CC2)cc1. The van der Waals surface area contributed by atoms with Crippen LogP contribution in [-0.2, 0) is 4.74 Å². The summed E-state index contributed by atoms with van der Waals surface area (Å²) in [4.78, 5) is 13.2. The highest BCUT2D eigenvalue weighted by Crippen LogP contribution is 2.43. The number of carbonyl (C=O) groups excluding carboxylic acids is 1. The molecule has 184 valence electrons. The Morgan fingerprint density at radius 2 is 1.78 bits per heavy atom. The highest BCUT2D eigenvalue weighted by molar-refractivity contribution is 7.14. The molecule has 4 aromatic rings. The molecule has 1 heterocycles. The lowest BCUT2D eigenvalue weighted by Crippen LogP contribution is -2.16. The molecule has 0 radical (unpaired) electrons. The van der Waals surface area contributed by atoms with Crippen molar-refractivity contribution in [2.24, 2.45) is 0 Å². The van der Waals surface area contributed by atoms with Gasteiger partial charge in [0.25, 0.3) is 0 Å². The van der Waals surface area contributed by atoms with E-state index in [-0.39, 0.29) is 0 Å². The Balaban J connectivity index is 1.36. The molecule has 1 fully saturated rings. The van der Waals surface area contributed by atoms with E-state index in [1.54, 1.807) is 26.2 Å². The molecule has 1 unspecified atom stereocenters. The van der Waals surface area contributed by atoms with E-state index < -0.39 is 17.3 Å². The second kappa shape index (κ2) is 10.3. The van der Waals surface area contributed by atoms with Gasteiger partial charge in [-0.15, -0.1) is 11.3 Å². The van der Waals surface area contributed by atoms with Crippen LogP contribution in [0.3, 0.4) is 0 Å². The molecule has 1 aromatic heterocycles. The molecular formula is C29H25ClFNO3S. The second-order valence-corrected chi connectivity index (χ2v) is 10.2. The number of benzene rings is 3. The molecule has 0 aliphatic heterocycles. The number of methoxy groups -OCH3 is 1. The highest BCUT2D eigenvalue weighted by Gasteiger charge is 2.23. The van der Waals surface area contributed by atoms with Crippen molar-refractivity contribution in [1.82, 2.24) is 0 Å². The molecule has 1 N–H and O–H groups in total. The molecule has 0 spiro atoms. The summed E-state index contributed by atoms with van der Waals surface area (Å²) in [6.45, 7) is 1.73. The molecule has 1 atom stereocenters. The van der Waals surface area contributed by atoms with Crippen LogP contribution >= 0.6 is 22.9 Å². The van der Waals surface area contributed by atoms with E-state index in [1.165, 1.54) is 24.5 Å². The summed E-state index contributed by atoms with van der Waals surface area (Å²) in [6.07, 6.45) is 1.26. The Hall–Kier alpha value is -3.35. The standard InChI is InChI=1S/C29H25ClFNO3S/c1-17(22-5-3-4-6-24(22)30)35-29(33)32-25-16-27(31)36-28(25)21-13-14-23(26(15-21)34-2)20-11-9-19(10-12-20)18-7-8-18/h3-6,9-18H,7-8H2,1-2H3,(H,32,33). The van der Waals surface area contributed by atoms with Crippen molar-refractivity contribution in [3.05, 3.63) is 94.1 Å². The number of anilines is 1. The van der Waals surface area contributed by atoms with Crippen LogP contribution in [0.15, 0.2) is 72.8 Å². The lowest BCUT2D eigenvalue weighted by molar-refractivity contribution is 0.121. The average Bonchev–Trinajstić information content (AvgIpc) is 3.66. The first-order valence-electron chi connectivity index (χ1n) is 11.7. The van der Waals surface area contributed by atoms with E-state index >= 15 is 0 Å². The number of amides is 1. The van der Waals surface area contributed by atoms with Crippen molar-refractivity contribution in [3.8, 4) is 27.3 Å². The topological polar surface area (TPSA) is 47.6 Å². The van der Waals surface area contributed by atoms with Crippen molar-refractivity contribution in [2.75, 3.05) is 12.4 Å². The van der Waals surface area contributed by atoms with Gasteiger partial charge in [-0.1, -0.05) is 66.2 Å². The van der Waals surface area contributed by atoms with Gasteiger partial charge in [-0.25, -0.2) is 4.79 Å². The molecule has 4 nitrogen and oxygen atoms in total. The van der Waals surface area contributed by atoms with Gasteiger partial charge in [0.05, 0.1) is 17.7 Å². The van der Waals surface area contributed by atoms with Gasteiger partial charge >= 0.3 is 6.09 Å². The minimum Gasteiger partial charge on any atom is -0.496 e. The van der Waals surface area contributed by atoms with Crippen molar-refractivity contribution >= 4 is 34.7 Å². The van der Waals surface area contributed by atoms with E-state index in [2.05, 4.69) is 29.6 Å². The van der Waals surface area contributed by atoms with Crippen LogP contribution in [0.4, 0.5) is 14.9 Å². The van der Waals surface area contributed by atoms with Crippen LogP contribution in [0, 0.1) is 5.13 Å². The number of nitrogens with one attached hydrogen (secondary N) is 1. The molecule has 1 amide bonds.